The van der Waals surface area contributed by atoms with Crippen LogP contribution in [0.3, 0.4) is 0 Å². The maximum atomic E-state index is 13.3. The molecule has 1 saturated heterocycles. The van der Waals surface area contributed by atoms with Crippen molar-refractivity contribution in [1.29, 1.82) is 0 Å². The number of carbonyl (C=O) groups is 3. The summed E-state index contributed by atoms with van der Waals surface area (Å²) in [6, 6.07) is 5.40. The lowest BCUT2D eigenvalue weighted by Gasteiger charge is -2.42. The lowest BCUT2D eigenvalue weighted by Crippen LogP contribution is -2.52. The number of nitrogens with two attached hydrogens (primary N) is 1. The quantitative estimate of drug-likeness (QED) is 0.309. The van der Waals surface area contributed by atoms with Crippen LogP contribution in [-0.2, 0) is 20.7 Å². The van der Waals surface area contributed by atoms with E-state index in [1.807, 2.05) is 0 Å². The van der Waals surface area contributed by atoms with Gasteiger partial charge in [-0.05, 0) is 13.8 Å². The largest absolute Gasteiger partial charge is 0.507 e. The van der Waals surface area contributed by atoms with Gasteiger partial charge in [-0.25, -0.2) is 0 Å². The highest BCUT2D eigenvalue weighted by molar-refractivity contribution is 6.30. The van der Waals surface area contributed by atoms with Gasteiger partial charge in [-0.1, -0.05) is 24.3 Å². The highest BCUT2D eigenvalue weighted by Gasteiger charge is 2.49. The number of benzene rings is 2. The Morgan fingerprint density at radius 1 is 1.11 bits per heavy atom. The number of carbonyl (C=O) groups excluding carboxylic acids is 3. The van der Waals surface area contributed by atoms with Gasteiger partial charge < -0.3 is 35.6 Å². The van der Waals surface area contributed by atoms with E-state index in [0.717, 1.165) is 0 Å². The minimum Gasteiger partial charge on any atom is -0.507 e. The summed E-state index contributed by atoms with van der Waals surface area (Å²) in [5.41, 5.74) is 3.38. The molecule has 37 heavy (non-hydrogen) atoms. The first-order valence-corrected chi connectivity index (χ1v) is 11.7. The number of hydrogen-bond acceptors (Lipinski definition) is 10. The summed E-state index contributed by atoms with van der Waals surface area (Å²) < 4.78 is 11.8. The second kappa shape index (κ2) is 9.46. The standard InChI is InChI=1S/C26H27NO9.ClH/c1-10-21(29)15(27)7-17(35-10)36-16-9-26(34,11(2)28)8-14-18(16)25(33)20-19(24(14)32)22(30)12-5-3-4-6-13(12)23(20)31;/h3-6,10,15-17,21,29,32-34H,7-9,27H2,1-2H3;1H/t10-,15-,16-,17+,21+,26-;/m0./s1. The summed E-state index contributed by atoms with van der Waals surface area (Å²) in [7, 11) is 0. The van der Waals surface area contributed by atoms with Gasteiger partial charge >= 0.3 is 0 Å². The van der Waals surface area contributed by atoms with Crippen molar-refractivity contribution in [2.45, 2.75) is 69.4 Å². The number of fused-ring (bicyclic) bond motifs is 3. The van der Waals surface area contributed by atoms with Crippen LogP contribution in [0.1, 0.15) is 75.8 Å². The number of aliphatic hydroxyl groups is 2. The summed E-state index contributed by atoms with van der Waals surface area (Å²) in [6.07, 6.45) is -4.38. The van der Waals surface area contributed by atoms with E-state index in [2.05, 4.69) is 0 Å². The van der Waals surface area contributed by atoms with Gasteiger partial charge in [-0.15, -0.1) is 12.4 Å². The van der Waals surface area contributed by atoms with Crippen molar-refractivity contribution in [3.8, 4) is 11.5 Å². The molecule has 5 rings (SSSR count). The lowest BCUT2D eigenvalue weighted by atomic mass is 9.72. The molecule has 0 bridgehead atoms. The highest BCUT2D eigenvalue weighted by atomic mass is 35.5. The van der Waals surface area contributed by atoms with Crippen molar-refractivity contribution in [3.05, 3.63) is 57.6 Å². The first-order chi connectivity index (χ1) is 16.9. The Hall–Kier alpha value is -2.86. The maximum absolute atomic E-state index is 13.3. The Kier molecular flexibility index (Phi) is 6.95. The lowest BCUT2D eigenvalue weighted by molar-refractivity contribution is -0.247. The van der Waals surface area contributed by atoms with E-state index in [9.17, 15) is 34.8 Å². The number of hydrogen-bond donors (Lipinski definition) is 5. The number of Topliss-reactive ketones (excluding diaryl/α,β-unsaturated/α-hetero) is 1. The van der Waals surface area contributed by atoms with Crippen molar-refractivity contribution >= 4 is 29.8 Å². The van der Waals surface area contributed by atoms with Gasteiger partial charge in [0.25, 0.3) is 0 Å². The molecule has 1 heterocycles. The van der Waals surface area contributed by atoms with Gasteiger partial charge in [0, 0.05) is 47.6 Å². The third-order valence-electron chi connectivity index (χ3n) is 7.50. The van der Waals surface area contributed by atoms with Gasteiger partial charge in [-0.3, -0.25) is 14.4 Å². The SMILES string of the molecule is CC(=O)[C@]1(O)Cc2c(O)c3c(c(O)c2[C@@H](O[C@@H]2C[C@H](N)[C@H](O)[C@H](C)O2)C1)C(=O)c1ccccc1C3=O.Cl. The third kappa shape index (κ3) is 4.14. The molecule has 2 aromatic rings. The predicted molar refractivity (Wildman–Crippen MR) is 131 cm³/mol. The zero-order valence-electron chi connectivity index (χ0n) is 20.1. The van der Waals surface area contributed by atoms with Crippen LogP contribution >= 0.6 is 12.4 Å². The maximum Gasteiger partial charge on any atom is 0.198 e. The van der Waals surface area contributed by atoms with E-state index in [-0.39, 0.29) is 58.6 Å². The predicted octanol–water partition coefficient (Wildman–Crippen LogP) is 1.44. The molecule has 3 aliphatic rings. The van der Waals surface area contributed by atoms with Crippen molar-refractivity contribution in [1.82, 2.24) is 0 Å². The second-order valence-corrected chi connectivity index (χ2v) is 9.80. The third-order valence-corrected chi connectivity index (χ3v) is 7.50. The molecule has 0 unspecified atom stereocenters. The van der Waals surface area contributed by atoms with Crippen molar-refractivity contribution in [2.24, 2.45) is 5.73 Å². The molecule has 0 amide bonds. The fourth-order valence-electron chi connectivity index (χ4n) is 5.42. The fraction of sp³-hybridized carbons (Fsp3) is 0.423. The molecule has 2 aliphatic carbocycles. The Balaban J connectivity index is 0.00000320. The van der Waals surface area contributed by atoms with Gasteiger partial charge in [-0.2, -0.15) is 0 Å². The van der Waals surface area contributed by atoms with Gasteiger partial charge in [0.2, 0.25) is 0 Å². The molecule has 10 nitrogen and oxygen atoms in total. The molecule has 11 heteroatoms. The number of halogens is 1. The minimum absolute atomic E-state index is 0. The molecule has 6 N–H and O–H groups in total. The zero-order valence-corrected chi connectivity index (χ0v) is 20.9. The van der Waals surface area contributed by atoms with E-state index in [4.69, 9.17) is 15.2 Å². The van der Waals surface area contributed by atoms with E-state index in [1.54, 1.807) is 19.1 Å². The number of phenolic OH excluding ortho intramolecular Hbond substituents is 2. The van der Waals surface area contributed by atoms with Crippen LogP contribution in [0.5, 0.6) is 11.5 Å². The molecule has 1 aliphatic heterocycles. The number of aromatic hydroxyl groups is 2. The second-order valence-electron chi connectivity index (χ2n) is 9.80. The van der Waals surface area contributed by atoms with E-state index < -0.39 is 71.5 Å². The monoisotopic (exact) mass is 533 g/mol. The van der Waals surface area contributed by atoms with Crippen molar-refractivity contribution < 1.29 is 44.3 Å². The van der Waals surface area contributed by atoms with Gasteiger partial charge in [0.15, 0.2) is 23.6 Å². The van der Waals surface area contributed by atoms with Gasteiger partial charge in [0.05, 0.1) is 29.4 Å². The van der Waals surface area contributed by atoms with Crippen LogP contribution in [-0.4, -0.2) is 67.9 Å². The molecule has 0 radical (unpaired) electrons. The van der Waals surface area contributed by atoms with E-state index >= 15 is 0 Å². The Labute approximate surface area is 218 Å². The first kappa shape index (κ1) is 27.2. The number of rotatable bonds is 3. The summed E-state index contributed by atoms with van der Waals surface area (Å²) in [5, 5.41) is 43.8. The number of aliphatic hydroxyl groups excluding tert-OH is 1. The number of ketones is 3. The zero-order chi connectivity index (χ0) is 26.1. The molecule has 198 valence electrons. The van der Waals surface area contributed by atoms with Crippen molar-refractivity contribution in [2.75, 3.05) is 0 Å². The molecule has 2 aromatic carbocycles. The Morgan fingerprint density at radius 2 is 1.68 bits per heavy atom. The van der Waals surface area contributed by atoms with E-state index in [1.165, 1.54) is 19.1 Å². The highest BCUT2D eigenvalue weighted by Crippen LogP contribution is 2.51. The summed E-state index contributed by atoms with van der Waals surface area (Å²) in [6.45, 7) is 2.80. The topological polar surface area (TPSA) is 177 Å². The molecular formula is C26H28ClNO9. The molecule has 0 saturated carbocycles. The number of ether oxygens (including phenoxy) is 2. The fourth-order valence-corrected chi connectivity index (χ4v) is 5.42. The van der Waals surface area contributed by atoms with Crippen LogP contribution in [0.4, 0.5) is 0 Å². The minimum atomic E-state index is -1.97. The molecular weight excluding hydrogens is 506 g/mol. The average Bonchev–Trinajstić information content (AvgIpc) is 2.82. The summed E-state index contributed by atoms with van der Waals surface area (Å²) in [4.78, 5) is 39.0. The Morgan fingerprint density at radius 3 is 2.22 bits per heavy atom. The van der Waals surface area contributed by atoms with Crippen LogP contribution < -0.4 is 5.73 Å². The molecule has 0 spiro atoms. The first-order valence-electron chi connectivity index (χ1n) is 11.7. The number of phenols is 2. The summed E-state index contributed by atoms with van der Waals surface area (Å²) in [5.74, 6) is -3.06. The smallest absolute Gasteiger partial charge is 0.198 e. The molecule has 0 aromatic heterocycles. The van der Waals surface area contributed by atoms with Crippen molar-refractivity contribution in [3.63, 3.8) is 0 Å². The van der Waals surface area contributed by atoms with E-state index in [0.29, 0.717) is 0 Å². The van der Waals surface area contributed by atoms with Crippen LogP contribution in [0, 0.1) is 0 Å². The Bertz CT molecular complexity index is 1300. The van der Waals surface area contributed by atoms with Crippen LogP contribution in [0.15, 0.2) is 24.3 Å². The summed E-state index contributed by atoms with van der Waals surface area (Å²) >= 11 is 0. The average molecular weight is 534 g/mol. The van der Waals surface area contributed by atoms with Gasteiger partial charge in [0.1, 0.15) is 17.1 Å². The molecule has 6 atom stereocenters. The van der Waals surface area contributed by atoms with Crippen LogP contribution in [0.25, 0.3) is 0 Å². The van der Waals surface area contributed by atoms with Crippen LogP contribution in [0.2, 0.25) is 0 Å². The molecule has 1 fully saturated rings. The normalized spacial score (nSPS) is 30.6.